The third-order valence-electron chi connectivity index (χ3n) is 2.60. The van der Waals surface area contributed by atoms with Crippen molar-refractivity contribution in [3.8, 4) is 0 Å². The minimum Gasteiger partial charge on any atom is -0.345 e. The zero-order valence-corrected chi connectivity index (χ0v) is 11.4. The van der Waals surface area contributed by atoms with E-state index in [1.807, 2.05) is 20.8 Å². The molecule has 94 valence electrons. The molecule has 0 aromatic carbocycles. The van der Waals surface area contributed by atoms with Gasteiger partial charge in [-0.05, 0) is 32.9 Å². The van der Waals surface area contributed by atoms with Crippen LogP contribution < -0.4 is 5.32 Å². The second-order valence-electron chi connectivity index (χ2n) is 4.12. The highest BCUT2D eigenvalue weighted by Gasteiger charge is 2.16. The Morgan fingerprint density at radius 3 is 2.78 bits per heavy atom. The molecule has 0 saturated carbocycles. The normalized spacial score (nSPS) is 12.2. The van der Waals surface area contributed by atoms with Gasteiger partial charge in [0.1, 0.15) is 0 Å². The van der Waals surface area contributed by atoms with Crippen LogP contribution in [0, 0.1) is 13.8 Å². The van der Waals surface area contributed by atoms with Gasteiger partial charge in [-0.25, -0.2) is 4.98 Å². The number of carbonyl (C=O) groups is 1. The number of thiazole rings is 1. The van der Waals surface area contributed by atoms with Gasteiger partial charge in [-0.1, -0.05) is 0 Å². The van der Waals surface area contributed by atoms with E-state index in [0.29, 0.717) is 5.56 Å². The first-order valence-electron chi connectivity index (χ1n) is 5.72. The zero-order valence-electron chi connectivity index (χ0n) is 10.6. The maximum Gasteiger partial charge on any atom is 0.253 e. The van der Waals surface area contributed by atoms with Crippen LogP contribution >= 0.6 is 11.3 Å². The standard InChI is InChI=1S/C13H15N3OS/c1-8-12(18-10(3)15-8)9(2)16-13(17)11-5-4-6-14-7-11/h4-7,9H,1-3H3,(H,16,17)/t9-/m0/s1. The van der Waals surface area contributed by atoms with Crippen LogP contribution in [0.3, 0.4) is 0 Å². The molecule has 0 fully saturated rings. The first-order chi connectivity index (χ1) is 8.58. The highest BCUT2D eigenvalue weighted by molar-refractivity contribution is 7.11. The number of aromatic nitrogens is 2. The lowest BCUT2D eigenvalue weighted by atomic mass is 10.2. The molecule has 0 aliphatic carbocycles. The summed E-state index contributed by atoms with van der Waals surface area (Å²) >= 11 is 1.62. The lowest BCUT2D eigenvalue weighted by Crippen LogP contribution is -2.26. The van der Waals surface area contributed by atoms with Gasteiger partial charge in [0.2, 0.25) is 0 Å². The van der Waals surface area contributed by atoms with Crippen molar-refractivity contribution in [3.05, 3.63) is 45.7 Å². The molecular weight excluding hydrogens is 246 g/mol. The molecule has 5 heteroatoms. The van der Waals surface area contributed by atoms with Crippen LogP contribution in [0.5, 0.6) is 0 Å². The molecule has 2 heterocycles. The molecule has 0 aliphatic heterocycles. The van der Waals surface area contributed by atoms with Gasteiger partial charge in [-0.2, -0.15) is 0 Å². The third kappa shape index (κ3) is 2.73. The van der Waals surface area contributed by atoms with E-state index in [4.69, 9.17) is 0 Å². The van der Waals surface area contributed by atoms with E-state index in [-0.39, 0.29) is 11.9 Å². The number of aryl methyl sites for hydroxylation is 2. The molecule has 2 aromatic rings. The maximum atomic E-state index is 12.0. The van der Waals surface area contributed by atoms with Crippen LogP contribution in [0.25, 0.3) is 0 Å². The lowest BCUT2D eigenvalue weighted by molar-refractivity contribution is 0.0940. The quantitative estimate of drug-likeness (QED) is 0.924. The Balaban J connectivity index is 2.10. The van der Waals surface area contributed by atoms with Crippen molar-refractivity contribution in [1.82, 2.24) is 15.3 Å². The number of hydrogen-bond acceptors (Lipinski definition) is 4. The van der Waals surface area contributed by atoms with Crippen molar-refractivity contribution in [2.24, 2.45) is 0 Å². The number of rotatable bonds is 3. The van der Waals surface area contributed by atoms with Gasteiger partial charge in [0.15, 0.2) is 0 Å². The Labute approximate surface area is 110 Å². The van der Waals surface area contributed by atoms with E-state index < -0.39 is 0 Å². The summed E-state index contributed by atoms with van der Waals surface area (Å²) in [5, 5.41) is 3.98. The van der Waals surface area contributed by atoms with Gasteiger partial charge < -0.3 is 5.32 Å². The fourth-order valence-electron chi connectivity index (χ4n) is 1.79. The minimum atomic E-state index is -0.110. The van der Waals surface area contributed by atoms with E-state index >= 15 is 0 Å². The first-order valence-corrected chi connectivity index (χ1v) is 6.54. The zero-order chi connectivity index (χ0) is 13.1. The highest BCUT2D eigenvalue weighted by atomic mass is 32.1. The molecule has 1 atom stereocenters. The molecule has 0 unspecified atom stereocenters. The number of nitrogens with one attached hydrogen (secondary N) is 1. The third-order valence-corrected chi connectivity index (χ3v) is 3.86. The van der Waals surface area contributed by atoms with E-state index in [1.165, 1.54) is 0 Å². The van der Waals surface area contributed by atoms with Crippen LogP contribution in [-0.2, 0) is 0 Å². The fraction of sp³-hybridized carbons (Fsp3) is 0.308. The molecule has 0 bridgehead atoms. The number of carbonyl (C=O) groups excluding carboxylic acids is 1. The number of hydrogen-bond donors (Lipinski definition) is 1. The van der Waals surface area contributed by atoms with Crippen LogP contribution in [-0.4, -0.2) is 15.9 Å². The Hall–Kier alpha value is -1.75. The SMILES string of the molecule is Cc1nc(C)c([C@H](C)NC(=O)c2cccnc2)s1. The average Bonchev–Trinajstić information content (AvgIpc) is 2.69. The van der Waals surface area contributed by atoms with Crippen molar-refractivity contribution < 1.29 is 4.79 Å². The summed E-state index contributed by atoms with van der Waals surface area (Å²) in [4.78, 5) is 21.4. The van der Waals surface area contributed by atoms with Crippen LogP contribution in [0.15, 0.2) is 24.5 Å². The number of amides is 1. The Bertz CT molecular complexity index is 551. The summed E-state index contributed by atoms with van der Waals surface area (Å²) < 4.78 is 0. The smallest absolute Gasteiger partial charge is 0.253 e. The van der Waals surface area contributed by atoms with Crippen LogP contribution in [0.2, 0.25) is 0 Å². The minimum absolute atomic E-state index is 0.0380. The first kappa shape index (κ1) is 12.7. The summed E-state index contributed by atoms with van der Waals surface area (Å²) in [6.07, 6.45) is 3.21. The van der Waals surface area contributed by atoms with E-state index in [9.17, 15) is 4.79 Å². The molecule has 2 rings (SSSR count). The molecule has 0 radical (unpaired) electrons. The van der Waals surface area contributed by atoms with E-state index in [0.717, 1.165) is 15.6 Å². The van der Waals surface area contributed by atoms with Gasteiger partial charge in [0.05, 0.1) is 22.3 Å². The topological polar surface area (TPSA) is 54.9 Å². The molecule has 0 spiro atoms. The Morgan fingerprint density at radius 1 is 1.44 bits per heavy atom. The number of pyridine rings is 1. The van der Waals surface area contributed by atoms with Gasteiger partial charge in [0.25, 0.3) is 5.91 Å². The molecule has 1 amide bonds. The van der Waals surface area contributed by atoms with Crippen molar-refractivity contribution in [1.29, 1.82) is 0 Å². The van der Waals surface area contributed by atoms with E-state index in [2.05, 4.69) is 15.3 Å². The Kier molecular flexibility index (Phi) is 3.72. The maximum absolute atomic E-state index is 12.0. The van der Waals surface area contributed by atoms with Gasteiger partial charge in [0, 0.05) is 17.3 Å². The summed E-state index contributed by atoms with van der Waals surface area (Å²) in [6.45, 7) is 5.90. The average molecular weight is 261 g/mol. The van der Waals surface area contributed by atoms with Crippen molar-refractivity contribution in [3.63, 3.8) is 0 Å². The fourth-order valence-corrected chi connectivity index (χ4v) is 2.72. The van der Waals surface area contributed by atoms with Crippen molar-refractivity contribution in [2.45, 2.75) is 26.8 Å². The Morgan fingerprint density at radius 2 is 2.22 bits per heavy atom. The number of nitrogens with zero attached hydrogens (tertiary/aromatic N) is 2. The molecule has 18 heavy (non-hydrogen) atoms. The summed E-state index contributed by atoms with van der Waals surface area (Å²) in [6, 6.07) is 3.46. The second-order valence-corrected chi connectivity index (χ2v) is 5.35. The molecular formula is C13H15N3OS. The van der Waals surface area contributed by atoms with Crippen molar-refractivity contribution >= 4 is 17.2 Å². The highest BCUT2D eigenvalue weighted by Crippen LogP contribution is 2.24. The second kappa shape index (κ2) is 5.27. The largest absolute Gasteiger partial charge is 0.345 e. The summed E-state index contributed by atoms with van der Waals surface area (Å²) in [7, 11) is 0. The predicted molar refractivity (Wildman–Crippen MR) is 71.7 cm³/mol. The summed E-state index contributed by atoms with van der Waals surface area (Å²) in [5.74, 6) is -0.110. The molecule has 2 aromatic heterocycles. The molecule has 1 N–H and O–H groups in total. The van der Waals surface area contributed by atoms with E-state index in [1.54, 1.807) is 35.9 Å². The van der Waals surface area contributed by atoms with Crippen LogP contribution in [0.4, 0.5) is 0 Å². The molecule has 0 saturated heterocycles. The summed E-state index contributed by atoms with van der Waals surface area (Å²) in [5.41, 5.74) is 1.56. The monoisotopic (exact) mass is 261 g/mol. The van der Waals surface area contributed by atoms with Crippen molar-refractivity contribution in [2.75, 3.05) is 0 Å². The predicted octanol–water partition coefficient (Wildman–Crippen LogP) is 2.65. The molecule has 4 nitrogen and oxygen atoms in total. The van der Waals surface area contributed by atoms with Crippen LogP contribution in [0.1, 0.15) is 38.9 Å². The van der Waals surface area contributed by atoms with Gasteiger partial charge >= 0.3 is 0 Å². The van der Waals surface area contributed by atoms with Gasteiger partial charge in [-0.15, -0.1) is 11.3 Å². The lowest BCUT2D eigenvalue weighted by Gasteiger charge is -2.12. The molecule has 0 aliphatic rings. The van der Waals surface area contributed by atoms with Gasteiger partial charge in [-0.3, -0.25) is 9.78 Å².